The smallest absolute Gasteiger partial charge is 0.283 e. The Morgan fingerprint density at radius 3 is 2.30 bits per heavy atom. The second-order valence-corrected chi connectivity index (χ2v) is 7.63. The average molecular weight is 464 g/mol. The quantitative estimate of drug-likeness (QED) is 0.500. The highest BCUT2D eigenvalue weighted by atomic mass is 35.5. The molecule has 0 bridgehead atoms. The van der Waals surface area contributed by atoms with Crippen molar-refractivity contribution in [3.63, 3.8) is 0 Å². The fourth-order valence-corrected chi connectivity index (χ4v) is 3.68. The Morgan fingerprint density at radius 2 is 1.61 bits per heavy atom. The summed E-state index contributed by atoms with van der Waals surface area (Å²) in [5, 5.41) is 5.16. The molecule has 1 aliphatic heterocycles. The molecule has 1 aliphatic rings. The van der Waals surface area contributed by atoms with Crippen molar-refractivity contribution in [1.29, 1.82) is 0 Å². The van der Waals surface area contributed by atoms with Gasteiger partial charge in [-0.2, -0.15) is 0 Å². The van der Waals surface area contributed by atoms with Crippen LogP contribution in [0, 0.1) is 5.82 Å². The van der Waals surface area contributed by atoms with Gasteiger partial charge in [-0.1, -0.05) is 48.9 Å². The van der Waals surface area contributed by atoms with Gasteiger partial charge in [0.05, 0.1) is 11.4 Å². The standard InChI is InChI=1S/C25H19ClFN3O3/c1-2-15-7-3-6-10-20(15)30-24(32)21(26)22(25(30)33)28-17-13-11-16(12-14-17)23(31)29-19-9-5-4-8-18(19)27/h3-14,28H,2H2,1H3,(H,29,31). The lowest BCUT2D eigenvalue weighted by molar-refractivity contribution is -0.120. The number of halogens is 2. The number of para-hydroxylation sites is 2. The van der Waals surface area contributed by atoms with Crippen molar-refractivity contribution in [2.45, 2.75) is 13.3 Å². The van der Waals surface area contributed by atoms with E-state index in [0.29, 0.717) is 17.8 Å². The molecule has 0 aliphatic carbocycles. The lowest BCUT2D eigenvalue weighted by atomic mass is 10.1. The molecule has 0 radical (unpaired) electrons. The Bertz CT molecular complexity index is 1290. The number of imide groups is 1. The van der Waals surface area contributed by atoms with E-state index in [-0.39, 0.29) is 22.0 Å². The van der Waals surface area contributed by atoms with Crippen LogP contribution in [-0.2, 0) is 16.0 Å². The monoisotopic (exact) mass is 463 g/mol. The van der Waals surface area contributed by atoms with Crippen LogP contribution in [-0.4, -0.2) is 17.7 Å². The molecule has 0 spiro atoms. The zero-order valence-electron chi connectivity index (χ0n) is 17.6. The fraction of sp³-hybridized carbons (Fsp3) is 0.0800. The first-order valence-corrected chi connectivity index (χ1v) is 10.6. The van der Waals surface area contributed by atoms with Gasteiger partial charge in [0.25, 0.3) is 17.7 Å². The van der Waals surface area contributed by atoms with E-state index in [0.717, 1.165) is 10.5 Å². The highest BCUT2D eigenvalue weighted by Gasteiger charge is 2.39. The zero-order chi connectivity index (χ0) is 23.5. The number of rotatable bonds is 6. The number of hydrogen-bond acceptors (Lipinski definition) is 4. The molecule has 0 saturated heterocycles. The highest BCUT2D eigenvalue weighted by Crippen LogP contribution is 2.32. The number of hydrogen-bond donors (Lipinski definition) is 2. The first-order valence-electron chi connectivity index (χ1n) is 10.2. The number of nitrogens with zero attached hydrogens (tertiary/aromatic N) is 1. The molecule has 0 aromatic heterocycles. The lowest BCUT2D eigenvalue weighted by Gasteiger charge is -2.18. The van der Waals surface area contributed by atoms with Crippen molar-refractivity contribution >= 4 is 46.4 Å². The number of benzene rings is 3. The molecule has 3 aromatic rings. The van der Waals surface area contributed by atoms with Crippen LogP contribution in [0.1, 0.15) is 22.8 Å². The summed E-state index contributed by atoms with van der Waals surface area (Å²) in [4.78, 5) is 39.2. The van der Waals surface area contributed by atoms with E-state index in [4.69, 9.17) is 11.6 Å². The summed E-state index contributed by atoms with van der Waals surface area (Å²) >= 11 is 6.21. The van der Waals surface area contributed by atoms with Gasteiger partial charge in [0.2, 0.25) is 0 Å². The molecule has 8 heteroatoms. The van der Waals surface area contributed by atoms with E-state index < -0.39 is 23.5 Å². The van der Waals surface area contributed by atoms with Crippen molar-refractivity contribution in [3.8, 4) is 0 Å². The third-order valence-electron chi connectivity index (χ3n) is 5.18. The number of carbonyl (C=O) groups is 3. The van der Waals surface area contributed by atoms with Crippen LogP contribution in [0.5, 0.6) is 0 Å². The summed E-state index contributed by atoms with van der Waals surface area (Å²) in [5.41, 5.74) is 2.11. The van der Waals surface area contributed by atoms with Gasteiger partial charge in [0, 0.05) is 11.3 Å². The predicted octanol–water partition coefficient (Wildman–Crippen LogP) is 5.08. The maximum Gasteiger partial charge on any atom is 0.283 e. The lowest BCUT2D eigenvalue weighted by Crippen LogP contribution is -2.33. The second kappa shape index (κ2) is 9.26. The van der Waals surface area contributed by atoms with Gasteiger partial charge in [-0.3, -0.25) is 14.4 Å². The van der Waals surface area contributed by atoms with E-state index >= 15 is 0 Å². The van der Waals surface area contributed by atoms with Crippen molar-refractivity contribution < 1.29 is 18.8 Å². The Kier molecular flexibility index (Phi) is 6.24. The minimum Gasteiger partial charge on any atom is -0.350 e. The summed E-state index contributed by atoms with van der Waals surface area (Å²) in [5.74, 6) is -2.19. The minimum absolute atomic E-state index is 0.0452. The van der Waals surface area contributed by atoms with Crippen LogP contribution in [0.3, 0.4) is 0 Å². The first kappa shape index (κ1) is 22.2. The first-order chi connectivity index (χ1) is 15.9. The number of anilines is 3. The molecule has 166 valence electrons. The molecule has 0 atom stereocenters. The molecule has 4 rings (SSSR count). The Labute approximate surface area is 194 Å². The van der Waals surface area contributed by atoms with Gasteiger partial charge in [-0.05, 0) is 54.4 Å². The molecule has 33 heavy (non-hydrogen) atoms. The Balaban J connectivity index is 1.51. The number of nitrogens with one attached hydrogen (secondary N) is 2. The molecule has 1 heterocycles. The van der Waals surface area contributed by atoms with Crippen LogP contribution in [0.25, 0.3) is 0 Å². The molecular formula is C25H19ClFN3O3. The molecule has 0 saturated carbocycles. The summed E-state index contributed by atoms with van der Waals surface area (Å²) in [6.07, 6.45) is 0.643. The second-order valence-electron chi connectivity index (χ2n) is 7.25. The zero-order valence-corrected chi connectivity index (χ0v) is 18.3. The van der Waals surface area contributed by atoms with Crippen molar-refractivity contribution in [1.82, 2.24) is 0 Å². The molecule has 6 nitrogen and oxygen atoms in total. The van der Waals surface area contributed by atoms with Gasteiger partial charge in [0.1, 0.15) is 16.5 Å². The van der Waals surface area contributed by atoms with Crippen LogP contribution < -0.4 is 15.5 Å². The van der Waals surface area contributed by atoms with Gasteiger partial charge >= 0.3 is 0 Å². The predicted molar refractivity (Wildman–Crippen MR) is 126 cm³/mol. The molecule has 2 N–H and O–H groups in total. The SMILES string of the molecule is CCc1ccccc1N1C(=O)C(Cl)=C(Nc2ccc(C(=O)Nc3ccccc3F)cc2)C1=O. The maximum absolute atomic E-state index is 13.8. The van der Waals surface area contributed by atoms with Crippen LogP contribution in [0.2, 0.25) is 0 Å². The Morgan fingerprint density at radius 1 is 0.939 bits per heavy atom. The summed E-state index contributed by atoms with van der Waals surface area (Å²) < 4.78 is 13.8. The van der Waals surface area contributed by atoms with Gasteiger partial charge in [0.15, 0.2) is 0 Å². The van der Waals surface area contributed by atoms with E-state index in [2.05, 4.69) is 10.6 Å². The molecule has 0 unspecified atom stereocenters. The van der Waals surface area contributed by atoms with Gasteiger partial charge < -0.3 is 10.6 Å². The van der Waals surface area contributed by atoms with Gasteiger partial charge in [-0.15, -0.1) is 0 Å². The summed E-state index contributed by atoms with van der Waals surface area (Å²) in [6.45, 7) is 1.93. The van der Waals surface area contributed by atoms with E-state index in [1.165, 1.54) is 30.3 Å². The summed E-state index contributed by atoms with van der Waals surface area (Å²) in [6, 6.07) is 19.1. The number of carbonyl (C=O) groups excluding carboxylic acids is 3. The van der Waals surface area contributed by atoms with Crippen molar-refractivity contribution in [2.75, 3.05) is 15.5 Å². The van der Waals surface area contributed by atoms with Crippen LogP contribution in [0.4, 0.5) is 21.5 Å². The largest absolute Gasteiger partial charge is 0.350 e. The number of amides is 3. The number of aryl methyl sites for hydroxylation is 1. The molecule has 3 aromatic carbocycles. The molecule has 0 fully saturated rings. The van der Waals surface area contributed by atoms with Gasteiger partial charge in [-0.25, -0.2) is 9.29 Å². The van der Waals surface area contributed by atoms with E-state index in [1.54, 1.807) is 30.3 Å². The highest BCUT2D eigenvalue weighted by molar-refractivity contribution is 6.53. The molecule has 3 amide bonds. The van der Waals surface area contributed by atoms with E-state index in [1.807, 2.05) is 19.1 Å². The third kappa shape index (κ3) is 4.36. The van der Waals surface area contributed by atoms with Crippen molar-refractivity contribution in [3.05, 3.63) is 100 Å². The third-order valence-corrected chi connectivity index (χ3v) is 5.53. The fourth-order valence-electron chi connectivity index (χ4n) is 3.46. The van der Waals surface area contributed by atoms with E-state index in [9.17, 15) is 18.8 Å². The Hall–Kier alpha value is -3.97. The summed E-state index contributed by atoms with van der Waals surface area (Å²) in [7, 11) is 0. The normalized spacial score (nSPS) is 13.5. The maximum atomic E-state index is 13.8. The average Bonchev–Trinajstić information content (AvgIpc) is 3.04. The minimum atomic E-state index is -0.606. The molecular weight excluding hydrogens is 445 g/mol. The van der Waals surface area contributed by atoms with Crippen LogP contribution >= 0.6 is 11.6 Å². The topological polar surface area (TPSA) is 78.5 Å². The van der Waals surface area contributed by atoms with Crippen molar-refractivity contribution in [2.24, 2.45) is 0 Å². The van der Waals surface area contributed by atoms with Crippen LogP contribution in [0.15, 0.2) is 83.5 Å².